The van der Waals surface area contributed by atoms with Crippen molar-refractivity contribution in [1.29, 1.82) is 0 Å². The van der Waals surface area contributed by atoms with Gasteiger partial charge in [0.15, 0.2) is 5.78 Å². The topological polar surface area (TPSA) is 66.8 Å². The van der Waals surface area contributed by atoms with Crippen LogP contribution >= 0.6 is 0 Å². The number of carbonyl (C=O) groups excluding carboxylic acids is 1. The van der Waals surface area contributed by atoms with Gasteiger partial charge in [-0.1, -0.05) is 20.8 Å². The number of ketones is 1. The number of hydrogen-bond acceptors (Lipinski definition) is 4. The van der Waals surface area contributed by atoms with Crippen molar-refractivity contribution in [3.8, 4) is 0 Å². The zero-order chi connectivity index (χ0) is 14.2. The summed E-state index contributed by atoms with van der Waals surface area (Å²) in [5.74, 6) is 0.271. The molecule has 0 aromatic carbocycles. The molecule has 108 valence electrons. The summed E-state index contributed by atoms with van der Waals surface area (Å²) in [4.78, 5) is 12.2. The van der Waals surface area contributed by atoms with Crippen molar-refractivity contribution in [2.75, 3.05) is 0 Å². The highest BCUT2D eigenvalue weighted by molar-refractivity contribution is 5.89. The minimum Gasteiger partial charge on any atom is -0.386 e. The van der Waals surface area contributed by atoms with Crippen LogP contribution in [0.15, 0.2) is 0 Å². The molecule has 3 aliphatic rings. The van der Waals surface area contributed by atoms with E-state index >= 15 is 0 Å². The molecule has 0 amide bonds. The molecule has 2 saturated carbocycles. The third kappa shape index (κ3) is 1.48. The average molecular weight is 268 g/mol. The molecule has 4 heteroatoms. The Morgan fingerprint density at radius 3 is 2.58 bits per heavy atom. The van der Waals surface area contributed by atoms with Crippen LogP contribution in [0.1, 0.15) is 40.5 Å². The summed E-state index contributed by atoms with van der Waals surface area (Å²) in [6, 6.07) is 0. The largest absolute Gasteiger partial charge is 0.386 e. The summed E-state index contributed by atoms with van der Waals surface area (Å²) in [5.41, 5.74) is -2.62. The molecule has 0 spiro atoms. The van der Waals surface area contributed by atoms with Crippen molar-refractivity contribution in [2.24, 2.45) is 23.7 Å². The van der Waals surface area contributed by atoms with Crippen molar-refractivity contribution in [2.45, 2.75) is 63.9 Å². The third-order valence-electron chi connectivity index (χ3n) is 5.75. The molecule has 0 aromatic rings. The Balaban J connectivity index is 2.12. The second kappa shape index (κ2) is 3.80. The Morgan fingerprint density at radius 1 is 1.37 bits per heavy atom. The quantitative estimate of drug-likeness (QED) is 0.748. The van der Waals surface area contributed by atoms with E-state index in [1.54, 1.807) is 0 Å². The molecule has 2 bridgehead atoms. The van der Waals surface area contributed by atoms with Crippen molar-refractivity contribution >= 4 is 5.78 Å². The van der Waals surface area contributed by atoms with Crippen molar-refractivity contribution in [3.63, 3.8) is 0 Å². The number of fused-ring (bicyclic) bond motifs is 1. The van der Waals surface area contributed by atoms with Gasteiger partial charge in [0.2, 0.25) is 0 Å². The highest BCUT2D eigenvalue weighted by Crippen LogP contribution is 2.59. The zero-order valence-electron chi connectivity index (χ0n) is 12.1. The van der Waals surface area contributed by atoms with Crippen LogP contribution in [0.3, 0.4) is 0 Å². The lowest BCUT2D eigenvalue weighted by Gasteiger charge is -2.53. The Labute approximate surface area is 114 Å². The average Bonchev–Trinajstić information content (AvgIpc) is 2.54. The van der Waals surface area contributed by atoms with Gasteiger partial charge in [0, 0.05) is 18.3 Å². The van der Waals surface area contributed by atoms with Gasteiger partial charge in [-0.15, -0.1) is 0 Å². The normalized spacial score (nSPS) is 56.8. The van der Waals surface area contributed by atoms with Gasteiger partial charge in [0.05, 0.1) is 6.10 Å². The third-order valence-corrected chi connectivity index (χ3v) is 5.75. The zero-order valence-corrected chi connectivity index (χ0v) is 12.1. The smallest absolute Gasteiger partial charge is 0.167 e. The molecule has 7 atom stereocenters. The Hall–Kier alpha value is -0.450. The predicted molar refractivity (Wildman–Crippen MR) is 69.5 cm³/mol. The first-order valence-corrected chi connectivity index (χ1v) is 7.34. The number of carbonyl (C=O) groups is 1. The van der Waals surface area contributed by atoms with Gasteiger partial charge < -0.3 is 14.9 Å². The first-order valence-electron chi connectivity index (χ1n) is 7.34. The maximum atomic E-state index is 12.2. The number of ether oxygens (including phenoxy) is 1. The fourth-order valence-electron chi connectivity index (χ4n) is 4.93. The van der Waals surface area contributed by atoms with E-state index in [9.17, 15) is 15.0 Å². The summed E-state index contributed by atoms with van der Waals surface area (Å²) < 4.78 is 5.97. The lowest BCUT2D eigenvalue weighted by molar-refractivity contribution is -0.205. The van der Waals surface area contributed by atoms with Crippen LogP contribution in [-0.2, 0) is 9.53 Å². The van der Waals surface area contributed by atoms with Crippen LogP contribution in [0.4, 0.5) is 0 Å². The molecule has 19 heavy (non-hydrogen) atoms. The molecule has 1 saturated heterocycles. The molecular formula is C15H24O4. The summed E-state index contributed by atoms with van der Waals surface area (Å²) in [5, 5.41) is 21.8. The standard InChI is InChI=1S/C15H24O4/c1-7(2)12-10-5-8(3)9-6-11(16)14(4,17)13(19-10)15(9,12)18/h7-10,12-13,17-18H,5-6H2,1-4H3. The van der Waals surface area contributed by atoms with E-state index in [0.29, 0.717) is 0 Å². The summed E-state index contributed by atoms with van der Waals surface area (Å²) >= 11 is 0. The van der Waals surface area contributed by atoms with E-state index in [1.807, 2.05) is 0 Å². The van der Waals surface area contributed by atoms with Gasteiger partial charge in [0.1, 0.15) is 17.3 Å². The summed E-state index contributed by atoms with van der Waals surface area (Å²) in [6.45, 7) is 7.74. The highest BCUT2D eigenvalue weighted by atomic mass is 16.5. The molecular weight excluding hydrogens is 244 g/mol. The van der Waals surface area contributed by atoms with Crippen LogP contribution in [0, 0.1) is 23.7 Å². The molecule has 1 heterocycles. The number of Topliss-reactive ketones (excluding diaryl/α,β-unsaturated/α-hetero) is 1. The molecule has 0 aromatic heterocycles. The number of rotatable bonds is 1. The molecule has 2 aliphatic carbocycles. The van der Waals surface area contributed by atoms with Gasteiger partial charge in [-0.2, -0.15) is 0 Å². The van der Waals surface area contributed by atoms with Crippen LogP contribution in [0.2, 0.25) is 0 Å². The lowest BCUT2D eigenvalue weighted by Crippen LogP contribution is -2.68. The Morgan fingerprint density at radius 2 is 2.00 bits per heavy atom. The minimum absolute atomic E-state index is 0.0123. The van der Waals surface area contributed by atoms with E-state index in [4.69, 9.17) is 4.74 Å². The second-order valence-electron chi connectivity index (χ2n) is 7.31. The van der Waals surface area contributed by atoms with E-state index in [1.165, 1.54) is 6.92 Å². The SMILES string of the molecule is CC(C)C1C2CC(C)C3CC(=O)C(C)(O)C(O2)C31O. The van der Waals surface area contributed by atoms with Gasteiger partial charge in [-0.3, -0.25) is 4.79 Å². The van der Waals surface area contributed by atoms with E-state index in [0.717, 1.165) is 6.42 Å². The maximum Gasteiger partial charge on any atom is 0.167 e. The first kappa shape index (κ1) is 13.5. The monoisotopic (exact) mass is 268 g/mol. The molecule has 4 nitrogen and oxygen atoms in total. The molecule has 7 unspecified atom stereocenters. The molecule has 3 rings (SSSR count). The van der Waals surface area contributed by atoms with E-state index in [-0.39, 0.29) is 42.0 Å². The Kier molecular flexibility index (Phi) is 2.71. The molecule has 3 fully saturated rings. The first-order chi connectivity index (χ1) is 8.70. The molecule has 2 N–H and O–H groups in total. The predicted octanol–water partition coefficient (Wildman–Crippen LogP) is 1.14. The highest BCUT2D eigenvalue weighted by Gasteiger charge is 2.72. The van der Waals surface area contributed by atoms with Crippen molar-refractivity contribution in [1.82, 2.24) is 0 Å². The number of aliphatic hydroxyl groups is 2. The van der Waals surface area contributed by atoms with Crippen molar-refractivity contribution < 1.29 is 19.7 Å². The summed E-state index contributed by atoms with van der Waals surface area (Å²) in [7, 11) is 0. The van der Waals surface area contributed by atoms with Crippen LogP contribution in [0.5, 0.6) is 0 Å². The van der Waals surface area contributed by atoms with Gasteiger partial charge in [-0.25, -0.2) is 0 Å². The molecule has 0 radical (unpaired) electrons. The van der Waals surface area contributed by atoms with E-state index < -0.39 is 17.3 Å². The van der Waals surface area contributed by atoms with Crippen molar-refractivity contribution in [3.05, 3.63) is 0 Å². The van der Waals surface area contributed by atoms with Crippen LogP contribution in [-0.4, -0.2) is 39.4 Å². The van der Waals surface area contributed by atoms with Crippen LogP contribution < -0.4 is 0 Å². The second-order valence-corrected chi connectivity index (χ2v) is 7.31. The number of hydrogen-bond donors (Lipinski definition) is 2. The fraction of sp³-hybridized carbons (Fsp3) is 0.933. The minimum atomic E-state index is -1.56. The van der Waals surface area contributed by atoms with Gasteiger partial charge >= 0.3 is 0 Å². The maximum absolute atomic E-state index is 12.2. The van der Waals surface area contributed by atoms with E-state index in [2.05, 4.69) is 20.8 Å². The fourth-order valence-corrected chi connectivity index (χ4v) is 4.93. The molecule has 1 aliphatic heterocycles. The van der Waals surface area contributed by atoms with Gasteiger partial charge in [-0.05, 0) is 25.2 Å². The van der Waals surface area contributed by atoms with Gasteiger partial charge in [0.25, 0.3) is 0 Å². The van der Waals surface area contributed by atoms with Crippen LogP contribution in [0.25, 0.3) is 0 Å². The Bertz CT molecular complexity index is 416. The lowest BCUT2D eigenvalue weighted by atomic mass is 9.53. The summed E-state index contributed by atoms with van der Waals surface area (Å²) in [6.07, 6.45) is 0.322.